The molecule has 1 amide bonds. The Hall–Kier alpha value is -3.41. The molecule has 148 valence electrons. The summed E-state index contributed by atoms with van der Waals surface area (Å²) in [6, 6.07) is 19.1. The van der Waals surface area contributed by atoms with Gasteiger partial charge in [0, 0.05) is 30.3 Å². The van der Waals surface area contributed by atoms with E-state index < -0.39 is 5.92 Å². The lowest BCUT2D eigenvalue weighted by Gasteiger charge is -2.19. The Balaban J connectivity index is 1.37. The van der Waals surface area contributed by atoms with Gasteiger partial charge in [-0.3, -0.25) is 9.59 Å². The smallest absolute Gasteiger partial charge is 0.311 e. The summed E-state index contributed by atoms with van der Waals surface area (Å²) in [7, 11) is 0. The number of anilines is 1. The molecule has 1 fully saturated rings. The van der Waals surface area contributed by atoms with E-state index in [4.69, 9.17) is 9.26 Å². The molecule has 0 unspecified atom stereocenters. The Morgan fingerprint density at radius 2 is 1.93 bits per heavy atom. The number of aryl methyl sites for hydroxylation is 1. The molecule has 0 N–H and O–H groups in total. The maximum Gasteiger partial charge on any atom is 0.311 e. The van der Waals surface area contributed by atoms with Gasteiger partial charge in [0.1, 0.15) is 12.3 Å². The highest BCUT2D eigenvalue weighted by Crippen LogP contribution is 2.29. The molecule has 6 heteroatoms. The number of ether oxygens (including phenoxy) is 1. The Labute approximate surface area is 169 Å². The molecule has 1 aliphatic heterocycles. The number of nitrogens with zero attached hydrogens (tertiary/aromatic N) is 2. The Morgan fingerprint density at radius 3 is 2.72 bits per heavy atom. The highest BCUT2D eigenvalue weighted by atomic mass is 16.5. The van der Waals surface area contributed by atoms with Crippen molar-refractivity contribution in [2.24, 2.45) is 5.92 Å². The highest BCUT2D eigenvalue weighted by molar-refractivity contribution is 6.00. The first-order valence-corrected chi connectivity index (χ1v) is 9.71. The monoisotopic (exact) mass is 390 g/mol. The molecule has 2 aromatic carbocycles. The van der Waals surface area contributed by atoms with Crippen molar-refractivity contribution in [3.05, 3.63) is 71.9 Å². The third-order valence-corrected chi connectivity index (χ3v) is 5.10. The first-order valence-electron chi connectivity index (χ1n) is 9.71. The van der Waals surface area contributed by atoms with E-state index in [1.807, 2.05) is 61.5 Å². The van der Waals surface area contributed by atoms with Crippen LogP contribution in [0.15, 0.2) is 65.2 Å². The number of hydrogen-bond acceptors (Lipinski definition) is 5. The molecule has 29 heavy (non-hydrogen) atoms. The maximum atomic E-state index is 12.5. The average molecular weight is 390 g/mol. The molecule has 1 saturated heterocycles. The first-order chi connectivity index (χ1) is 14.2. The van der Waals surface area contributed by atoms with Gasteiger partial charge in [-0.2, -0.15) is 0 Å². The van der Waals surface area contributed by atoms with Crippen molar-refractivity contribution in [2.45, 2.75) is 26.4 Å². The van der Waals surface area contributed by atoms with Crippen LogP contribution in [0.3, 0.4) is 0 Å². The van der Waals surface area contributed by atoms with Crippen LogP contribution in [0.25, 0.3) is 11.3 Å². The second-order valence-corrected chi connectivity index (χ2v) is 7.04. The van der Waals surface area contributed by atoms with Gasteiger partial charge in [0.15, 0.2) is 5.76 Å². The zero-order valence-electron chi connectivity index (χ0n) is 16.2. The van der Waals surface area contributed by atoms with Crippen molar-refractivity contribution < 1.29 is 18.8 Å². The predicted molar refractivity (Wildman–Crippen MR) is 108 cm³/mol. The van der Waals surface area contributed by atoms with Crippen molar-refractivity contribution in [3.63, 3.8) is 0 Å². The SMILES string of the molecule is CCc1ccccc1N1C[C@H](C(=O)OCc2cc(-c3ccccc3)on2)CC1=O. The van der Waals surface area contributed by atoms with Crippen LogP contribution < -0.4 is 4.90 Å². The number of carbonyl (C=O) groups is 2. The fraction of sp³-hybridized carbons (Fsp3) is 0.261. The third kappa shape index (κ3) is 4.06. The summed E-state index contributed by atoms with van der Waals surface area (Å²) in [6.07, 6.45) is 0.982. The summed E-state index contributed by atoms with van der Waals surface area (Å²) in [5.41, 5.74) is 3.41. The van der Waals surface area contributed by atoms with Crippen LogP contribution in [0.2, 0.25) is 0 Å². The zero-order chi connectivity index (χ0) is 20.2. The molecule has 4 rings (SSSR count). The second kappa shape index (κ2) is 8.31. The summed E-state index contributed by atoms with van der Waals surface area (Å²) in [5.74, 6) is -0.303. The van der Waals surface area contributed by atoms with E-state index >= 15 is 0 Å². The summed E-state index contributed by atoms with van der Waals surface area (Å²) in [5, 5.41) is 3.96. The van der Waals surface area contributed by atoms with Crippen LogP contribution in [0.5, 0.6) is 0 Å². The number of esters is 1. The summed E-state index contributed by atoms with van der Waals surface area (Å²) >= 11 is 0. The average Bonchev–Trinajstić information content (AvgIpc) is 3.39. The van der Waals surface area contributed by atoms with Gasteiger partial charge >= 0.3 is 5.97 Å². The molecule has 0 bridgehead atoms. The Kier molecular flexibility index (Phi) is 5.42. The number of benzene rings is 2. The largest absolute Gasteiger partial charge is 0.459 e. The van der Waals surface area contributed by atoms with Crippen molar-refractivity contribution in [1.29, 1.82) is 0 Å². The standard InChI is InChI=1S/C23H22N2O4/c1-2-16-8-6-7-11-20(16)25-14-18(12-22(25)26)23(27)28-15-19-13-21(29-24-19)17-9-4-3-5-10-17/h3-11,13,18H,2,12,14-15H2,1H3/t18-/m1/s1. The van der Waals surface area contributed by atoms with Gasteiger partial charge in [0.2, 0.25) is 5.91 Å². The van der Waals surface area contributed by atoms with Crippen LogP contribution in [-0.4, -0.2) is 23.6 Å². The van der Waals surface area contributed by atoms with Crippen LogP contribution in [0.1, 0.15) is 24.6 Å². The molecule has 1 atom stereocenters. The Morgan fingerprint density at radius 1 is 1.17 bits per heavy atom. The molecule has 0 saturated carbocycles. The van der Waals surface area contributed by atoms with Crippen LogP contribution in [0, 0.1) is 5.92 Å². The van der Waals surface area contributed by atoms with Crippen molar-refractivity contribution in [2.75, 3.05) is 11.4 Å². The maximum absolute atomic E-state index is 12.5. The molecule has 2 heterocycles. The Bertz CT molecular complexity index is 1010. The minimum absolute atomic E-state index is 0.0193. The van der Waals surface area contributed by atoms with Crippen molar-refractivity contribution in [3.8, 4) is 11.3 Å². The van der Waals surface area contributed by atoms with Gasteiger partial charge in [0.05, 0.1) is 5.92 Å². The van der Waals surface area contributed by atoms with E-state index in [0.717, 1.165) is 23.2 Å². The number of hydrogen-bond donors (Lipinski definition) is 0. The van der Waals surface area contributed by atoms with Crippen LogP contribution in [-0.2, 0) is 27.4 Å². The van der Waals surface area contributed by atoms with E-state index in [1.54, 1.807) is 11.0 Å². The normalized spacial score (nSPS) is 16.2. The van der Waals surface area contributed by atoms with E-state index in [9.17, 15) is 9.59 Å². The van der Waals surface area contributed by atoms with E-state index in [-0.39, 0.29) is 24.9 Å². The molecule has 1 aromatic heterocycles. The molecular formula is C23H22N2O4. The number of amides is 1. The van der Waals surface area contributed by atoms with Gasteiger partial charge in [-0.15, -0.1) is 0 Å². The summed E-state index contributed by atoms with van der Waals surface area (Å²) in [6.45, 7) is 2.40. The number of rotatable bonds is 6. The minimum Gasteiger partial charge on any atom is -0.459 e. The topological polar surface area (TPSA) is 72.6 Å². The molecule has 3 aromatic rings. The summed E-state index contributed by atoms with van der Waals surface area (Å²) < 4.78 is 10.7. The number of aromatic nitrogens is 1. The van der Waals surface area contributed by atoms with E-state index in [0.29, 0.717) is 18.0 Å². The lowest BCUT2D eigenvalue weighted by atomic mass is 10.1. The fourth-order valence-corrected chi connectivity index (χ4v) is 3.55. The highest BCUT2D eigenvalue weighted by Gasteiger charge is 2.36. The van der Waals surface area contributed by atoms with Crippen LogP contribution in [0.4, 0.5) is 5.69 Å². The third-order valence-electron chi connectivity index (χ3n) is 5.10. The number of para-hydroxylation sites is 1. The molecule has 6 nitrogen and oxygen atoms in total. The van der Waals surface area contributed by atoms with Crippen LogP contribution >= 0.6 is 0 Å². The van der Waals surface area contributed by atoms with Gasteiger partial charge in [-0.05, 0) is 18.1 Å². The molecule has 0 spiro atoms. The molecule has 1 aliphatic rings. The second-order valence-electron chi connectivity index (χ2n) is 7.04. The first kappa shape index (κ1) is 18.9. The quantitative estimate of drug-likeness (QED) is 0.595. The number of carbonyl (C=O) groups excluding carboxylic acids is 2. The lowest BCUT2D eigenvalue weighted by Crippen LogP contribution is -2.27. The van der Waals surface area contributed by atoms with Gasteiger partial charge in [-0.1, -0.05) is 60.6 Å². The van der Waals surface area contributed by atoms with E-state index in [2.05, 4.69) is 5.16 Å². The lowest BCUT2D eigenvalue weighted by molar-refractivity contribution is -0.149. The molecular weight excluding hydrogens is 368 g/mol. The predicted octanol–water partition coefficient (Wildman–Crippen LogP) is 4.00. The van der Waals surface area contributed by atoms with Gasteiger partial charge in [-0.25, -0.2) is 0 Å². The molecule has 0 radical (unpaired) electrons. The van der Waals surface area contributed by atoms with Crippen molar-refractivity contribution >= 4 is 17.6 Å². The van der Waals surface area contributed by atoms with Gasteiger partial charge in [0.25, 0.3) is 0 Å². The van der Waals surface area contributed by atoms with Crippen molar-refractivity contribution in [1.82, 2.24) is 5.16 Å². The molecule has 0 aliphatic carbocycles. The summed E-state index contributed by atoms with van der Waals surface area (Å²) in [4.78, 5) is 26.7. The van der Waals surface area contributed by atoms with E-state index in [1.165, 1.54) is 0 Å². The fourth-order valence-electron chi connectivity index (χ4n) is 3.55. The minimum atomic E-state index is -0.479. The van der Waals surface area contributed by atoms with Gasteiger partial charge < -0.3 is 14.2 Å². The zero-order valence-corrected chi connectivity index (χ0v) is 16.2.